The molecule has 0 atom stereocenters. The molecule has 3 aromatic carbocycles. The molecule has 0 aliphatic carbocycles. The number of halogens is 1. The van der Waals surface area contributed by atoms with Gasteiger partial charge in [-0.05, 0) is 54.4 Å². The number of benzene rings is 3. The lowest BCUT2D eigenvalue weighted by atomic mass is 10.1. The molecule has 0 fully saturated rings. The van der Waals surface area contributed by atoms with Crippen molar-refractivity contribution in [2.75, 3.05) is 11.4 Å². The van der Waals surface area contributed by atoms with Crippen LogP contribution in [-0.2, 0) is 6.54 Å². The van der Waals surface area contributed by atoms with Gasteiger partial charge in [0.05, 0.1) is 5.69 Å². The SMILES string of the molecule is CCN(Cc1ccccc1)c1ccc(C=Nc2ccc(F)cc2)cc1. The minimum Gasteiger partial charge on any atom is -0.367 e. The molecule has 0 bridgehead atoms. The van der Waals surface area contributed by atoms with E-state index in [1.807, 2.05) is 6.07 Å². The second kappa shape index (κ2) is 8.25. The van der Waals surface area contributed by atoms with E-state index >= 15 is 0 Å². The van der Waals surface area contributed by atoms with Gasteiger partial charge in [-0.1, -0.05) is 42.5 Å². The standard InChI is InChI=1S/C22H21FN2/c1-2-25(17-19-6-4-3-5-7-19)22-14-8-18(9-15-22)16-24-21-12-10-20(23)11-13-21/h3-16H,2,17H2,1H3. The van der Waals surface area contributed by atoms with Crippen molar-refractivity contribution in [1.29, 1.82) is 0 Å². The minimum absolute atomic E-state index is 0.249. The molecule has 0 amide bonds. The van der Waals surface area contributed by atoms with Crippen molar-refractivity contribution in [3.63, 3.8) is 0 Å². The van der Waals surface area contributed by atoms with Crippen LogP contribution in [0.15, 0.2) is 83.9 Å². The summed E-state index contributed by atoms with van der Waals surface area (Å²) < 4.78 is 12.9. The van der Waals surface area contributed by atoms with Crippen molar-refractivity contribution in [2.45, 2.75) is 13.5 Å². The van der Waals surface area contributed by atoms with Crippen LogP contribution in [0.1, 0.15) is 18.1 Å². The zero-order valence-electron chi connectivity index (χ0n) is 14.3. The van der Waals surface area contributed by atoms with Crippen LogP contribution in [0.2, 0.25) is 0 Å². The Balaban J connectivity index is 1.69. The molecule has 0 spiro atoms. The molecular weight excluding hydrogens is 311 g/mol. The summed E-state index contributed by atoms with van der Waals surface area (Å²) >= 11 is 0. The van der Waals surface area contributed by atoms with Crippen LogP contribution >= 0.6 is 0 Å². The predicted octanol–water partition coefficient (Wildman–Crippen LogP) is 5.60. The van der Waals surface area contributed by atoms with Crippen molar-refractivity contribution < 1.29 is 4.39 Å². The Kier molecular flexibility index (Phi) is 5.57. The number of nitrogens with zero attached hydrogens (tertiary/aromatic N) is 2. The molecule has 3 aromatic rings. The summed E-state index contributed by atoms with van der Waals surface area (Å²) in [5, 5.41) is 0. The van der Waals surface area contributed by atoms with Crippen molar-refractivity contribution in [3.8, 4) is 0 Å². The van der Waals surface area contributed by atoms with Gasteiger partial charge in [0.15, 0.2) is 0 Å². The fourth-order valence-corrected chi connectivity index (χ4v) is 2.64. The van der Waals surface area contributed by atoms with Gasteiger partial charge < -0.3 is 4.90 Å². The summed E-state index contributed by atoms with van der Waals surface area (Å²) in [5.41, 5.74) is 4.24. The maximum atomic E-state index is 12.9. The topological polar surface area (TPSA) is 15.6 Å². The van der Waals surface area contributed by atoms with Gasteiger partial charge in [-0.25, -0.2) is 4.39 Å². The highest BCUT2D eigenvalue weighted by Crippen LogP contribution is 2.18. The summed E-state index contributed by atoms with van der Waals surface area (Å²) in [6.07, 6.45) is 1.80. The summed E-state index contributed by atoms with van der Waals surface area (Å²) in [6.45, 7) is 3.99. The highest BCUT2D eigenvalue weighted by molar-refractivity contribution is 5.82. The van der Waals surface area contributed by atoms with Gasteiger partial charge in [0, 0.05) is 25.0 Å². The third kappa shape index (κ3) is 4.77. The van der Waals surface area contributed by atoms with E-state index in [1.165, 1.54) is 23.4 Å². The molecule has 0 aromatic heterocycles. The van der Waals surface area contributed by atoms with E-state index in [0.29, 0.717) is 0 Å². The maximum Gasteiger partial charge on any atom is 0.123 e. The number of aliphatic imine (C=N–C) groups is 1. The predicted molar refractivity (Wildman–Crippen MR) is 103 cm³/mol. The lowest BCUT2D eigenvalue weighted by molar-refractivity contribution is 0.628. The van der Waals surface area contributed by atoms with Crippen molar-refractivity contribution in [3.05, 3.63) is 95.8 Å². The fraction of sp³-hybridized carbons (Fsp3) is 0.136. The Bertz CT molecular complexity index is 809. The van der Waals surface area contributed by atoms with Crippen LogP contribution in [0, 0.1) is 5.82 Å². The van der Waals surface area contributed by atoms with Crippen molar-refractivity contribution in [1.82, 2.24) is 0 Å². The molecule has 0 saturated heterocycles. The van der Waals surface area contributed by atoms with E-state index in [4.69, 9.17) is 0 Å². The van der Waals surface area contributed by atoms with Crippen LogP contribution < -0.4 is 4.90 Å². The molecule has 3 rings (SSSR count). The molecule has 0 aliphatic rings. The van der Waals surface area contributed by atoms with Gasteiger partial charge in [0.2, 0.25) is 0 Å². The molecule has 0 aliphatic heterocycles. The number of hydrogen-bond donors (Lipinski definition) is 0. The van der Waals surface area contributed by atoms with Gasteiger partial charge in [-0.2, -0.15) is 0 Å². The molecule has 0 unspecified atom stereocenters. The molecule has 3 heteroatoms. The zero-order valence-corrected chi connectivity index (χ0v) is 14.3. The molecule has 0 saturated carbocycles. The van der Waals surface area contributed by atoms with Crippen LogP contribution in [-0.4, -0.2) is 12.8 Å². The summed E-state index contributed by atoms with van der Waals surface area (Å²) in [7, 11) is 0. The van der Waals surface area contributed by atoms with E-state index in [2.05, 4.69) is 65.3 Å². The van der Waals surface area contributed by atoms with E-state index < -0.39 is 0 Å². The molecule has 25 heavy (non-hydrogen) atoms. The Morgan fingerprint density at radius 1 is 0.880 bits per heavy atom. The van der Waals surface area contributed by atoms with Gasteiger partial charge >= 0.3 is 0 Å². The zero-order chi connectivity index (χ0) is 17.5. The second-order valence-electron chi connectivity index (χ2n) is 5.83. The molecule has 0 heterocycles. The average Bonchev–Trinajstić information content (AvgIpc) is 2.67. The van der Waals surface area contributed by atoms with Gasteiger partial charge in [-0.3, -0.25) is 4.99 Å². The monoisotopic (exact) mass is 332 g/mol. The maximum absolute atomic E-state index is 12.9. The molecule has 0 N–H and O–H groups in total. The Labute approximate surface area is 148 Å². The third-order valence-corrected chi connectivity index (χ3v) is 4.05. The average molecular weight is 332 g/mol. The van der Waals surface area contributed by atoms with Crippen LogP contribution in [0.25, 0.3) is 0 Å². The van der Waals surface area contributed by atoms with Crippen LogP contribution in [0.4, 0.5) is 15.8 Å². The lowest BCUT2D eigenvalue weighted by Gasteiger charge is -2.23. The smallest absolute Gasteiger partial charge is 0.123 e. The van der Waals surface area contributed by atoms with Crippen molar-refractivity contribution in [2.24, 2.45) is 4.99 Å². The quantitative estimate of drug-likeness (QED) is 0.536. The summed E-state index contributed by atoms with van der Waals surface area (Å²) in [6, 6.07) is 24.9. The lowest BCUT2D eigenvalue weighted by Crippen LogP contribution is -2.21. The number of hydrogen-bond acceptors (Lipinski definition) is 2. The minimum atomic E-state index is -0.249. The van der Waals surface area contributed by atoms with E-state index in [1.54, 1.807) is 18.3 Å². The van der Waals surface area contributed by atoms with E-state index in [-0.39, 0.29) is 5.82 Å². The highest BCUT2D eigenvalue weighted by Gasteiger charge is 2.05. The first-order valence-electron chi connectivity index (χ1n) is 8.43. The Morgan fingerprint density at radius 3 is 2.20 bits per heavy atom. The van der Waals surface area contributed by atoms with Gasteiger partial charge in [0.1, 0.15) is 5.82 Å². The molecule has 2 nitrogen and oxygen atoms in total. The normalized spacial score (nSPS) is 11.0. The second-order valence-corrected chi connectivity index (χ2v) is 5.83. The molecular formula is C22H21FN2. The summed E-state index contributed by atoms with van der Waals surface area (Å²) in [4.78, 5) is 6.70. The Hall–Kier alpha value is -2.94. The molecule has 126 valence electrons. The number of rotatable bonds is 6. The first kappa shape index (κ1) is 16.9. The van der Waals surface area contributed by atoms with Gasteiger partial charge in [-0.15, -0.1) is 0 Å². The number of anilines is 1. The van der Waals surface area contributed by atoms with E-state index in [0.717, 1.165) is 24.3 Å². The van der Waals surface area contributed by atoms with Crippen LogP contribution in [0.3, 0.4) is 0 Å². The van der Waals surface area contributed by atoms with Crippen molar-refractivity contribution >= 4 is 17.6 Å². The Morgan fingerprint density at radius 2 is 1.56 bits per heavy atom. The first-order chi connectivity index (χ1) is 12.2. The van der Waals surface area contributed by atoms with Gasteiger partial charge in [0.25, 0.3) is 0 Å². The third-order valence-electron chi connectivity index (χ3n) is 4.05. The first-order valence-corrected chi connectivity index (χ1v) is 8.43. The van der Waals surface area contributed by atoms with E-state index in [9.17, 15) is 4.39 Å². The highest BCUT2D eigenvalue weighted by atomic mass is 19.1. The van der Waals surface area contributed by atoms with Crippen LogP contribution in [0.5, 0.6) is 0 Å². The largest absolute Gasteiger partial charge is 0.367 e. The molecule has 0 radical (unpaired) electrons. The fourth-order valence-electron chi connectivity index (χ4n) is 2.64. The summed E-state index contributed by atoms with van der Waals surface area (Å²) in [5.74, 6) is -0.249.